The van der Waals surface area contributed by atoms with Gasteiger partial charge in [-0.05, 0) is 30.7 Å². The molecule has 0 bridgehead atoms. The van der Waals surface area contributed by atoms with Gasteiger partial charge >= 0.3 is 0 Å². The average Bonchev–Trinajstić information content (AvgIpc) is 2.28. The van der Waals surface area contributed by atoms with E-state index >= 15 is 0 Å². The summed E-state index contributed by atoms with van der Waals surface area (Å²) in [6.07, 6.45) is 4.80. The van der Waals surface area contributed by atoms with Crippen molar-refractivity contribution in [3.8, 4) is 0 Å². The molecule has 3 nitrogen and oxygen atoms in total. The highest BCUT2D eigenvalue weighted by Crippen LogP contribution is 2.15. The molecule has 0 unspecified atom stereocenters. The normalized spacial score (nSPS) is 11.8. The molecule has 0 radical (unpaired) electrons. The molecule has 0 saturated carbocycles. The van der Waals surface area contributed by atoms with Crippen molar-refractivity contribution < 1.29 is 13.0 Å². The van der Waals surface area contributed by atoms with E-state index in [2.05, 4.69) is 5.73 Å². The molecule has 0 aliphatic carbocycles. The van der Waals surface area contributed by atoms with Gasteiger partial charge in [-0.25, -0.2) is 0 Å². The van der Waals surface area contributed by atoms with Crippen LogP contribution in [-0.2, 0) is 10.1 Å². The van der Waals surface area contributed by atoms with Crippen LogP contribution in [0.4, 0.5) is 0 Å². The minimum atomic E-state index is -4.17. The molecule has 1 N–H and O–H groups in total. The van der Waals surface area contributed by atoms with Crippen LogP contribution in [0.5, 0.6) is 0 Å². The van der Waals surface area contributed by atoms with Crippen LogP contribution in [-0.4, -0.2) is 13.0 Å². The van der Waals surface area contributed by atoms with Gasteiger partial charge in [0.15, 0.2) is 0 Å². The number of allylic oxidation sites excluding steroid dienone is 2. The Labute approximate surface area is 102 Å². The highest BCUT2D eigenvalue weighted by molar-refractivity contribution is 7.90. The van der Waals surface area contributed by atoms with Gasteiger partial charge in [0, 0.05) is 6.42 Å². The summed E-state index contributed by atoms with van der Waals surface area (Å²) in [4.78, 5) is -0.0435. The zero-order valence-corrected chi connectivity index (χ0v) is 10.3. The van der Waals surface area contributed by atoms with E-state index in [1.54, 1.807) is 43.3 Å². The van der Waals surface area contributed by atoms with Crippen molar-refractivity contribution in [2.24, 2.45) is 0 Å². The summed E-state index contributed by atoms with van der Waals surface area (Å²) in [7, 11) is -4.17. The van der Waals surface area contributed by atoms with Gasteiger partial charge in [0.1, 0.15) is 0 Å². The molecule has 1 aromatic rings. The summed E-state index contributed by atoms with van der Waals surface area (Å²) >= 11 is 0. The van der Waals surface area contributed by atoms with Gasteiger partial charge in [0.2, 0.25) is 0 Å². The molecule has 1 aromatic carbocycles. The Morgan fingerprint density at radius 3 is 2.53 bits per heavy atom. The van der Waals surface area contributed by atoms with Crippen LogP contribution in [0, 0.1) is 0 Å². The minimum absolute atomic E-state index is 0.0435. The first-order chi connectivity index (χ1) is 8.04. The van der Waals surface area contributed by atoms with Crippen LogP contribution in [0.1, 0.15) is 18.9 Å². The zero-order valence-electron chi connectivity index (χ0n) is 9.50. The Balaban J connectivity index is 3.08. The maximum Gasteiger partial charge on any atom is 0.290 e. The van der Waals surface area contributed by atoms with E-state index in [-0.39, 0.29) is 11.3 Å². The van der Waals surface area contributed by atoms with Crippen molar-refractivity contribution in [2.45, 2.75) is 13.3 Å². The zero-order chi connectivity index (χ0) is 12.7. The fourth-order valence-corrected chi connectivity index (χ4v) is 1.83. The van der Waals surface area contributed by atoms with Gasteiger partial charge in [-0.1, -0.05) is 30.3 Å². The standard InChI is InChI=1S/C13H14O3S/c1-2-3-5-10-13(17(14,15)16)11-12-8-6-4-7-9-12/h2,4-9,11H,10H2,1H3,(H,14,15,16). The molecule has 0 fully saturated rings. The molecule has 0 aliphatic heterocycles. The highest BCUT2D eigenvalue weighted by atomic mass is 32.2. The van der Waals surface area contributed by atoms with Crippen LogP contribution in [0.2, 0.25) is 0 Å². The minimum Gasteiger partial charge on any atom is -0.282 e. The number of rotatable bonds is 4. The maximum absolute atomic E-state index is 11.2. The van der Waals surface area contributed by atoms with Crippen molar-refractivity contribution in [2.75, 3.05) is 0 Å². The molecular weight excluding hydrogens is 236 g/mol. The smallest absolute Gasteiger partial charge is 0.282 e. The Morgan fingerprint density at radius 1 is 1.35 bits per heavy atom. The van der Waals surface area contributed by atoms with E-state index in [9.17, 15) is 8.42 Å². The van der Waals surface area contributed by atoms with Crippen molar-refractivity contribution in [3.63, 3.8) is 0 Å². The average molecular weight is 250 g/mol. The summed E-state index contributed by atoms with van der Waals surface area (Å²) in [6.45, 7) is 1.78. The third-order valence-corrected chi connectivity index (χ3v) is 2.99. The molecule has 0 spiro atoms. The van der Waals surface area contributed by atoms with Crippen LogP contribution < -0.4 is 0 Å². The van der Waals surface area contributed by atoms with Crippen LogP contribution in [0.3, 0.4) is 0 Å². The fourth-order valence-electron chi connectivity index (χ4n) is 1.25. The maximum atomic E-state index is 11.2. The van der Waals surface area contributed by atoms with E-state index in [1.165, 1.54) is 6.08 Å². The van der Waals surface area contributed by atoms with Crippen LogP contribution >= 0.6 is 0 Å². The third-order valence-electron chi connectivity index (χ3n) is 2.05. The van der Waals surface area contributed by atoms with E-state index in [4.69, 9.17) is 4.55 Å². The Hall–Kier alpha value is -1.61. The molecule has 0 aliphatic rings. The van der Waals surface area contributed by atoms with E-state index in [0.29, 0.717) is 0 Å². The molecule has 0 atom stereocenters. The topological polar surface area (TPSA) is 54.4 Å². The number of hydrogen-bond donors (Lipinski definition) is 1. The molecular formula is C13H14O3S. The molecule has 1 rings (SSSR count). The van der Waals surface area contributed by atoms with Gasteiger partial charge in [-0.2, -0.15) is 8.42 Å². The first kappa shape index (κ1) is 13.5. The van der Waals surface area contributed by atoms with Crippen molar-refractivity contribution in [3.05, 3.63) is 58.7 Å². The SMILES string of the molecule is CC=C=CCC(=Cc1ccccc1)S(=O)(=O)O. The lowest BCUT2D eigenvalue weighted by Crippen LogP contribution is -2.00. The second kappa shape index (κ2) is 6.21. The highest BCUT2D eigenvalue weighted by Gasteiger charge is 2.11. The predicted molar refractivity (Wildman–Crippen MR) is 68.9 cm³/mol. The van der Waals surface area contributed by atoms with E-state index in [1.807, 2.05) is 6.07 Å². The summed E-state index contributed by atoms with van der Waals surface area (Å²) < 4.78 is 31.4. The molecule has 0 saturated heterocycles. The van der Waals surface area contributed by atoms with E-state index in [0.717, 1.165) is 5.56 Å². The molecule has 4 heteroatoms. The first-order valence-corrected chi connectivity index (χ1v) is 6.56. The second-order valence-corrected chi connectivity index (χ2v) is 4.83. The largest absolute Gasteiger partial charge is 0.290 e. The molecule has 0 heterocycles. The summed E-state index contributed by atoms with van der Waals surface area (Å²) in [6, 6.07) is 8.98. The van der Waals surface area contributed by atoms with Gasteiger partial charge in [0.25, 0.3) is 10.1 Å². The van der Waals surface area contributed by atoms with Crippen molar-refractivity contribution in [1.29, 1.82) is 0 Å². The summed E-state index contributed by atoms with van der Waals surface area (Å²) in [5.41, 5.74) is 3.50. The van der Waals surface area contributed by atoms with Gasteiger partial charge in [-0.15, -0.1) is 5.73 Å². The summed E-state index contributed by atoms with van der Waals surface area (Å²) in [5.74, 6) is 0. The van der Waals surface area contributed by atoms with Crippen LogP contribution in [0.15, 0.2) is 53.1 Å². The predicted octanol–water partition coefficient (Wildman–Crippen LogP) is 3.04. The lowest BCUT2D eigenvalue weighted by atomic mass is 10.2. The Morgan fingerprint density at radius 2 is 2.00 bits per heavy atom. The molecule has 0 aromatic heterocycles. The van der Waals surface area contributed by atoms with E-state index < -0.39 is 10.1 Å². The van der Waals surface area contributed by atoms with Gasteiger partial charge in [-0.3, -0.25) is 4.55 Å². The van der Waals surface area contributed by atoms with Gasteiger partial charge < -0.3 is 0 Å². The second-order valence-electron chi connectivity index (χ2n) is 3.36. The quantitative estimate of drug-likeness (QED) is 0.660. The summed E-state index contributed by atoms with van der Waals surface area (Å²) in [5, 5.41) is 0. The lowest BCUT2D eigenvalue weighted by Gasteiger charge is -2.00. The Bertz CT molecular complexity index is 548. The lowest BCUT2D eigenvalue weighted by molar-refractivity contribution is 0.490. The molecule has 0 amide bonds. The molecule has 90 valence electrons. The van der Waals surface area contributed by atoms with Crippen molar-refractivity contribution >= 4 is 16.2 Å². The number of benzene rings is 1. The van der Waals surface area contributed by atoms with Crippen LogP contribution in [0.25, 0.3) is 6.08 Å². The van der Waals surface area contributed by atoms with Crippen molar-refractivity contribution in [1.82, 2.24) is 0 Å². The third kappa shape index (κ3) is 4.83. The number of hydrogen-bond acceptors (Lipinski definition) is 2. The monoisotopic (exact) mass is 250 g/mol. The molecule has 17 heavy (non-hydrogen) atoms. The fraction of sp³-hybridized carbons (Fsp3) is 0.154. The van der Waals surface area contributed by atoms with Gasteiger partial charge in [0.05, 0.1) is 4.91 Å². The first-order valence-electron chi connectivity index (χ1n) is 5.12. The Kier molecular flexibility index (Phi) is 4.91.